The van der Waals surface area contributed by atoms with Crippen molar-refractivity contribution in [2.24, 2.45) is 0 Å². The van der Waals surface area contributed by atoms with E-state index in [9.17, 15) is 4.79 Å². The topological polar surface area (TPSA) is 66.9 Å². The largest absolute Gasteiger partial charge is 0.325 e. The number of urea groups is 1. The van der Waals surface area contributed by atoms with E-state index in [2.05, 4.69) is 20.8 Å². The summed E-state index contributed by atoms with van der Waals surface area (Å²) in [6.07, 6.45) is 0. The van der Waals surface area contributed by atoms with Gasteiger partial charge in [0, 0.05) is 16.3 Å². The normalized spacial score (nSPS) is 10.3. The van der Waals surface area contributed by atoms with Crippen LogP contribution >= 0.6 is 22.9 Å². The molecule has 2 amide bonds. The van der Waals surface area contributed by atoms with Gasteiger partial charge in [0.1, 0.15) is 5.01 Å². The first-order valence-electron chi connectivity index (χ1n) is 6.85. The molecule has 0 spiro atoms. The second-order valence-electron chi connectivity index (χ2n) is 4.81. The molecule has 7 heteroatoms. The quantitative estimate of drug-likeness (QED) is 0.716. The Kier molecular flexibility index (Phi) is 4.55. The highest BCUT2D eigenvalue weighted by Gasteiger charge is 2.11. The zero-order chi connectivity index (χ0) is 16.2. The van der Waals surface area contributed by atoms with E-state index in [4.69, 9.17) is 11.6 Å². The van der Waals surface area contributed by atoms with Crippen molar-refractivity contribution in [2.45, 2.75) is 6.92 Å². The number of anilines is 2. The molecule has 3 aromatic rings. The van der Waals surface area contributed by atoms with E-state index in [0.29, 0.717) is 15.8 Å². The summed E-state index contributed by atoms with van der Waals surface area (Å²) >= 11 is 7.13. The molecule has 2 N–H and O–H groups in total. The van der Waals surface area contributed by atoms with Gasteiger partial charge in [-0.2, -0.15) is 0 Å². The number of hydrogen-bond donors (Lipinski definition) is 2. The van der Waals surface area contributed by atoms with Crippen molar-refractivity contribution in [3.63, 3.8) is 0 Å². The Labute approximate surface area is 142 Å². The van der Waals surface area contributed by atoms with Crippen LogP contribution in [0, 0.1) is 6.92 Å². The Bertz CT molecular complexity index is 832. The molecule has 23 heavy (non-hydrogen) atoms. The van der Waals surface area contributed by atoms with E-state index < -0.39 is 0 Å². The van der Waals surface area contributed by atoms with Crippen LogP contribution in [0.2, 0.25) is 5.02 Å². The summed E-state index contributed by atoms with van der Waals surface area (Å²) in [5, 5.41) is 15.3. The number of amides is 2. The van der Waals surface area contributed by atoms with Crippen LogP contribution in [0.25, 0.3) is 10.6 Å². The van der Waals surface area contributed by atoms with Crippen LogP contribution in [-0.2, 0) is 0 Å². The Morgan fingerprint density at radius 3 is 2.52 bits per heavy atom. The minimum absolute atomic E-state index is 0.375. The van der Waals surface area contributed by atoms with Crippen molar-refractivity contribution >= 4 is 39.8 Å². The maximum atomic E-state index is 12.0. The third-order valence-corrected chi connectivity index (χ3v) is 4.25. The van der Waals surface area contributed by atoms with Gasteiger partial charge in [0.05, 0.1) is 0 Å². The Balaban J connectivity index is 1.68. The van der Waals surface area contributed by atoms with Crippen LogP contribution in [0.1, 0.15) is 5.56 Å². The smallest absolute Gasteiger partial charge is 0.308 e. The number of benzene rings is 2. The van der Waals surface area contributed by atoms with Crippen LogP contribution in [0.3, 0.4) is 0 Å². The zero-order valence-electron chi connectivity index (χ0n) is 12.2. The number of rotatable bonds is 3. The van der Waals surface area contributed by atoms with Gasteiger partial charge in [0.2, 0.25) is 5.13 Å². The summed E-state index contributed by atoms with van der Waals surface area (Å²) in [4.78, 5) is 12.0. The van der Waals surface area contributed by atoms with Gasteiger partial charge in [0.15, 0.2) is 0 Å². The van der Waals surface area contributed by atoms with E-state index >= 15 is 0 Å². The lowest BCUT2D eigenvalue weighted by molar-refractivity contribution is 0.262. The van der Waals surface area contributed by atoms with Gasteiger partial charge in [0.25, 0.3) is 0 Å². The zero-order valence-corrected chi connectivity index (χ0v) is 13.8. The highest BCUT2D eigenvalue weighted by atomic mass is 35.5. The molecule has 0 saturated carbocycles. The molecular weight excluding hydrogens is 332 g/mol. The SMILES string of the molecule is Cc1ccccc1-c1nnc(NC(=O)Nc2ccc(Cl)cc2)s1. The Hall–Kier alpha value is -2.44. The fourth-order valence-electron chi connectivity index (χ4n) is 1.99. The number of aromatic nitrogens is 2. The fraction of sp³-hybridized carbons (Fsp3) is 0.0625. The lowest BCUT2D eigenvalue weighted by atomic mass is 10.1. The molecule has 0 radical (unpaired) electrons. The third kappa shape index (κ3) is 3.85. The summed E-state index contributed by atoms with van der Waals surface area (Å²) in [5.41, 5.74) is 2.77. The molecule has 2 aromatic carbocycles. The van der Waals surface area contributed by atoms with Crippen molar-refractivity contribution in [3.8, 4) is 10.6 Å². The maximum Gasteiger partial charge on any atom is 0.325 e. The van der Waals surface area contributed by atoms with Crippen molar-refractivity contribution < 1.29 is 4.79 Å². The number of nitrogens with zero attached hydrogens (tertiary/aromatic N) is 2. The van der Waals surface area contributed by atoms with Crippen LogP contribution in [-0.4, -0.2) is 16.2 Å². The van der Waals surface area contributed by atoms with Crippen molar-refractivity contribution in [1.82, 2.24) is 10.2 Å². The van der Waals surface area contributed by atoms with E-state index in [-0.39, 0.29) is 6.03 Å². The number of nitrogens with one attached hydrogen (secondary N) is 2. The molecule has 0 fully saturated rings. The van der Waals surface area contributed by atoms with Gasteiger partial charge < -0.3 is 5.32 Å². The first kappa shape index (κ1) is 15.5. The predicted molar refractivity (Wildman–Crippen MR) is 94.2 cm³/mol. The first-order chi connectivity index (χ1) is 11.1. The molecule has 0 aliphatic carbocycles. The van der Waals surface area contributed by atoms with Gasteiger partial charge in [-0.3, -0.25) is 5.32 Å². The van der Waals surface area contributed by atoms with Crippen molar-refractivity contribution in [2.75, 3.05) is 10.6 Å². The van der Waals surface area contributed by atoms with Gasteiger partial charge in [-0.05, 0) is 36.8 Å². The minimum atomic E-state index is -0.375. The number of hydrogen-bond acceptors (Lipinski definition) is 4. The number of carbonyl (C=O) groups excluding carboxylic acids is 1. The average molecular weight is 345 g/mol. The molecule has 0 atom stereocenters. The molecule has 0 bridgehead atoms. The summed E-state index contributed by atoms with van der Waals surface area (Å²) in [7, 11) is 0. The molecule has 0 aliphatic rings. The van der Waals surface area contributed by atoms with Gasteiger partial charge in [-0.15, -0.1) is 10.2 Å². The van der Waals surface area contributed by atoms with E-state index in [1.165, 1.54) is 11.3 Å². The molecule has 3 rings (SSSR count). The Morgan fingerprint density at radius 2 is 1.78 bits per heavy atom. The third-order valence-electron chi connectivity index (χ3n) is 3.12. The first-order valence-corrected chi connectivity index (χ1v) is 8.04. The monoisotopic (exact) mass is 344 g/mol. The number of halogens is 1. The lowest BCUT2D eigenvalue weighted by Crippen LogP contribution is -2.19. The second kappa shape index (κ2) is 6.76. The van der Waals surface area contributed by atoms with Crippen LogP contribution in [0.15, 0.2) is 48.5 Å². The Morgan fingerprint density at radius 1 is 1.04 bits per heavy atom. The molecule has 116 valence electrons. The summed E-state index contributed by atoms with van der Waals surface area (Å²) in [5.74, 6) is 0. The van der Waals surface area contributed by atoms with Gasteiger partial charge in [-0.25, -0.2) is 4.79 Å². The summed E-state index contributed by atoms with van der Waals surface area (Å²) < 4.78 is 0. The predicted octanol–water partition coefficient (Wildman–Crippen LogP) is 4.81. The van der Waals surface area contributed by atoms with Crippen molar-refractivity contribution in [3.05, 3.63) is 59.1 Å². The van der Waals surface area contributed by atoms with Crippen LogP contribution in [0.4, 0.5) is 15.6 Å². The van der Waals surface area contributed by atoms with E-state index in [0.717, 1.165) is 16.1 Å². The van der Waals surface area contributed by atoms with Gasteiger partial charge >= 0.3 is 6.03 Å². The second-order valence-corrected chi connectivity index (χ2v) is 6.23. The molecule has 0 aliphatic heterocycles. The summed E-state index contributed by atoms with van der Waals surface area (Å²) in [6.45, 7) is 2.01. The number of carbonyl (C=O) groups is 1. The standard InChI is InChI=1S/C16H13ClN4OS/c1-10-4-2-3-5-13(10)14-20-21-16(23-14)19-15(22)18-12-8-6-11(17)7-9-12/h2-9H,1H3,(H2,18,19,21,22). The minimum Gasteiger partial charge on any atom is -0.308 e. The highest BCUT2D eigenvalue weighted by Crippen LogP contribution is 2.28. The average Bonchev–Trinajstić information content (AvgIpc) is 2.98. The number of aryl methyl sites for hydroxylation is 1. The molecule has 0 unspecified atom stereocenters. The summed E-state index contributed by atoms with van der Waals surface area (Å²) in [6, 6.07) is 14.4. The van der Waals surface area contributed by atoms with Crippen LogP contribution < -0.4 is 10.6 Å². The van der Waals surface area contributed by atoms with E-state index in [1.807, 2.05) is 31.2 Å². The van der Waals surface area contributed by atoms with Gasteiger partial charge in [-0.1, -0.05) is 47.2 Å². The highest BCUT2D eigenvalue weighted by molar-refractivity contribution is 7.18. The fourth-order valence-corrected chi connectivity index (χ4v) is 2.94. The molecular formula is C16H13ClN4OS. The molecule has 5 nitrogen and oxygen atoms in total. The molecule has 1 aromatic heterocycles. The molecule has 0 saturated heterocycles. The lowest BCUT2D eigenvalue weighted by Gasteiger charge is -2.04. The maximum absolute atomic E-state index is 12.0. The molecule has 1 heterocycles. The van der Waals surface area contributed by atoms with Crippen molar-refractivity contribution in [1.29, 1.82) is 0 Å². The van der Waals surface area contributed by atoms with E-state index in [1.54, 1.807) is 24.3 Å². The van der Waals surface area contributed by atoms with Crippen LogP contribution in [0.5, 0.6) is 0 Å².